The van der Waals surface area contributed by atoms with Gasteiger partial charge in [0.15, 0.2) is 5.78 Å². The Labute approximate surface area is 190 Å². The number of phenols is 1. The average molecular weight is 447 g/mol. The molecule has 1 N–H and O–H groups in total. The van der Waals surface area contributed by atoms with E-state index < -0.39 is 0 Å². The summed E-state index contributed by atoms with van der Waals surface area (Å²) in [5.41, 5.74) is 1.81. The molecule has 0 saturated heterocycles. The zero-order chi connectivity index (χ0) is 22.7. The highest BCUT2D eigenvalue weighted by Crippen LogP contribution is 2.41. The Bertz CT molecular complexity index is 1260. The molecule has 1 heterocycles. The molecule has 4 rings (SSSR count). The van der Waals surface area contributed by atoms with Crippen LogP contribution in [0.25, 0.3) is 26.6 Å². The van der Waals surface area contributed by atoms with E-state index in [1.54, 1.807) is 41.7 Å². The Morgan fingerprint density at radius 1 is 0.906 bits per heavy atom. The van der Waals surface area contributed by atoms with Crippen molar-refractivity contribution < 1.29 is 24.1 Å². The summed E-state index contributed by atoms with van der Waals surface area (Å²) < 4.78 is 17.1. The predicted octanol–water partition coefficient (Wildman–Crippen LogP) is 6.20. The molecule has 0 aliphatic carbocycles. The monoisotopic (exact) mass is 446 g/mol. The van der Waals surface area contributed by atoms with E-state index in [0.717, 1.165) is 15.0 Å². The van der Waals surface area contributed by atoms with Crippen LogP contribution in [0.4, 0.5) is 0 Å². The van der Waals surface area contributed by atoms with Gasteiger partial charge in [0.25, 0.3) is 0 Å². The van der Waals surface area contributed by atoms with Crippen LogP contribution in [0.3, 0.4) is 0 Å². The number of methoxy groups -OCH3 is 3. The van der Waals surface area contributed by atoms with Gasteiger partial charge in [0.1, 0.15) is 23.0 Å². The van der Waals surface area contributed by atoms with Crippen LogP contribution < -0.4 is 14.2 Å². The average Bonchev–Trinajstić information content (AvgIpc) is 3.26. The van der Waals surface area contributed by atoms with Gasteiger partial charge in [-0.2, -0.15) is 0 Å². The fourth-order valence-corrected chi connectivity index (χ4v) is 4.50. The molecule has 0 unspecified atom stereocenters. The van der Waals surface area contributed by atoms with Crippen molar-refractivity contribution in [2.45, 2.75) is 0 Å². The third kappa shape index (κ3) is 4.31. The summed E-state index contributed by atoms with van der Waals surface area (Å²) in [7, 11) is 4.60. The molecular formula is C26H22O5S. The van der Waals surface area contributed by atoms with Crippen LogP contribution in [0.15, 0.2) is 66.7 Å². The summed E-state index contributed by atoms with van der Waals surface area (Å²) in [6.45, 7) is 0. The first-order valence-electron chi connectivity index (χ1n) is 9.88. The molecule has 1 aromatic heterocycles. The number of benzene rings is 3. The lowest BCUT2D eigenvalue weighted by Gasteiger charge is -2.10. The minimum Gasteiger partial charge on any atom is -0.507 e. The third-order valence-electron chi connectivity index (χ3n) is 5.09. The van der Waals surface area contributed by atoms with Crippen molar-refractivity contribution in [1.29, 1.82) is 0 Å². The number of allylic oxidation sites excluding steroid dienone is 1. The van der Waals surface area contributed by atoms with Crippen molar-refractivity contribution >= 4 is 33.3 Å². The second-order valence-electron chi connectivity index (χ2n) is 7.06. The number of thiophene rings is 1. The second-order valence-corrected chi connectivity index (χ2v) is 8.14. The highest BCUT2D eigenvalue weighted by Gasteiger charge is 2.14. The Kier molecular flexibility index (Phi) is 6.14. The van der Waals surface area contributed by atoms with Crippen molar-refractivity contribution in [3.63, 3.8) is 0 Å². The minimum absolute atomic E-state index is 0.120. The highest BCUT2D eigenvalue weighted by molar-refractivity contribution is 7.22. The van der Waals surface area contributed by atoms with Gasteiger partial charge in [-0.1, -0.05) is 18.2 Å². The molecule has 0 fully saturated rings. The maximum atomic E-state index is 12.8. The fraction of sp³-hybridized carbons (Fsp3) is 0.115. The Morgan fingerprint density at radius 2 is 1.62 bits per heavy atom. The zero-order valence-corrected chi connectivity index (χ0v) is 18.7. The number of hydrogen-bond donors (Lipinski definition) is 1. The van der Waals surface area contributed by atoms with E-state index in [0.29, 0.717) is 33.9 Å². The van der Waals surface area contributed by atoms with Crippen LogP contribution >= 0.6 is 11.3 Å². The Hall–Kier alpha value is -3.77. The summed E-state index contributed by atoms with van der Waals surface area (Å²) in [5.74, 6) is 1.46. The summed E-state index contributed by atoms with van der Waals surface area (Å²) in [4.78, 5) is 13.7. The number of aromatic hydroxyl groups is 1. The predicted molar refractivity (Wildman–Crippen MR) is 128 cm³/mol. The van der Waals surface area contributed by atoms with Crippen LogP contribution in [-0.4, -0.2) is 32.2 Å². The molecule has 0 saturated carbocycles. The Morgan fingerprint density at radius 3 is 2.28 bits per heavy atom. The van der Waals surface area contributed by atoms with Gasteiger partial charge in [0.2, 0.25) is 0 Å². The van der Waals surface area contributed by atoms with Crippen LogP contribution in [0.1, 0.15) is 15.9 Å². The van der Waals surface area contributed by atoms with E-state index in [-0.39, 0.29) is 11.5 Å². The van der Waals surface area contributed by atoms with Crippen LogP contribution in [0.5, 0.6) is 23.0 Å². The normalized spacial score (nSPS) is 11.1. The molecule has 4 aromatic rings. The van der Waals surface area contributed by atoms with Gasteiger partial charge in [-0.05, 0) is 47.9 Å². The summed E-state index contributed by atoms with van der Waals surface area (Å²) >= 11 is 1.60. The summed E-state index contributed by atoms with van der Waals surface area (Å²) in [6.07, 6.45) is 3.15. The number of ether oxygens (including phenoxy) is 3. The quantitative estimate of drug-likeness (QED) is 0.271. The van der Waals surface area contributed by atoms with Crippen molar-refractivity contribution in [2.24, 2.45) is 0 Å². The number of ketones is 1. The van der Waals surface area contributed by atoms with E-state index in [9.17, 15) is 9.90 Å². The number of fused-ring (bicyclic) bond motifs is 1. The van der Waals surface area contributed by atoms with Gasteiger partial charge in [0.05, 0.1) is 21.3 Å². The van der Waals surface area contributed by atoms with Gasteiger partial charge >= 0.3 is 0 Å². The maximum absolute atomic E-state index is 12.8. The minimum atomic E-state index is -0.208. The van der Waals surface area contributed by atoms with Gasteiger partial charge in [-0.3, -0.25) is 4.79 Å². The lowest BCUT2D eigenvalue weighted by molar-refractivity contribution is 0.104. The number of hydrogen-bond acceptors (Lipinski definition) is 6. The second kappa shape index (κ2) is 9.16. The molecule has 0 radical (unpaired) electrons. The third-order valence-corrected chi connectivity index (χ3v) is 6.24. The van der Waals surface area contributed by atoms with E-state index in [1.807, 2.05) is 36.4 Å². The van der Waals surface area contributed by atoms with E-state index in [1.165, 1.54) is 27.4 Å². The van der Waals surface area contributed by atoms with E-state index in [2.05, 4.69) is 0 Å². The molecule has 6 heteroatoms. The number of carbonyl (C=O) groups is 1. The first kappa shape index (κ1) is 21.5. The largest absolute Gasteiger partial charge is 0.507 e. The van der Waals surface area contributed by atoms with Gasteiger partial charge in [0, 0.05) is 38.4 Å². The highest BCUT2D eigenvalue weighted by atomic mass is 32.1. The molecule has 0 amide bonds. The van der Waals surface area contributed by atoms with E-state index in [4.69, 9.17) is 14.2 Å². The molecule has 0 aliphatic heterocycles. The molecule has 0 bridgehead atoms. The topological polar surface area (TPSA) is 65.0 Å². The lowest BCUT2D eigenvalue weighted by atomic mass is 10.0. The van der Waals surface area contributed by atoms with Crippen molar-refractivity contribution in [3.8, 4) is 33.4 Å². The number of carbonyl (C=O) groups excluding carboxylic acids is 1. The van der Waals surface area contributed by atoms with Crippen molar-refractivity contribution in [2.75, 3.05) is 21.3 Å². The number of phenolic OH excluding ortho intramolecular Hbond substituents is 1. The van der Waals surface area contributed by atoms with Gasteiger partial charge < -0.3 is 19.3 Å². The molecule has 0 spiro atoms. The van der Waals surface area contributed by atoms with Crippen molar-refractivity contribution in [1.82, 2.24) is 0 Å². The first-order chi connectivity index (χ1) is 15.5. The lowest BCUT2D eigenvalue weighted by Crippen LogP contribution is -1.97. The van der Waals surface area contributed by atoms with Crippen molar-refractivity contribution in [3.05, 3.63) is 77.9 Å². The molecule has 0 atom stereocenters. The Balaban J connectivity index is 1.71. The van der Waals surface area contributed by atoms with E-state index >= 15 is 0 Å². The van der Waals surface area contributed by atoms with Gasteiger partial charge in [-0.25, -0.2) is 0 Å². The molecule has 3 aromatic carbocycles. The first-order valence-corrected chi connectivity index (χ1v) is 10.7. The zero-order valence-electron chi connectivity index (χ0n) is 17.9. The summed E-state index contributed by atoms with van der Waals surface area (Å²) in [6, 6.07) is 18.5. The molecule has 0 aliphatic rings. The smallest absolute Gasteiger partial charge is 0.186 e. The molecular weight excluding hydrogens is 424 g/mol. The maximum Gasteiger partial charge on any atom is 0.186 e. The fourth-order valence-electron chi connectivity index (χ4n) is 3.42. The molecule has 5 nitrogen and oxygen atoms in total. The summed E-state index contributed by atoms with van der Waals surface area (Å²) in [5, 5.41) is 11.7. The number of rotatable bonds is 7. The van der Waals surface area contributed by atoms with Crippen LogP contribution in [0.2, 0.25) is 0 Å². The molecule has 32 heavy (non-hydrogen) atoms. The molecule has 162 valence electrons. The van der Waals surface area contributed by atoms with Crippen LogP contribution in [-0.2, 0) is 0 Å². The van der Waals surface area contributed by atoms with Crippen LogP contribution in [0, 0.1) is 0 Å². The SMILES string of the molecule is COc1cc(OC)cc(C(=O)/C=C/c2cc(-c3cc4ccccc4s3)c(O)cc2OC)c1. The van der Waals surface area contributed by atoms with Gasteiger partial charge in [-0.15, -0.1) is 11.3 Å². The standard InChI is InChI=1S/C26H22O5S/c1-29-19-10-18(11-20(14-19)30-2)22(27)9-8-16-12-21(23(28)15-24(16)31-3)26-13-17-6-4-5-7-25(17)32-26/h4-15,28H,1-3H3/b9-8+.